The summed E-state index contributed by atoms with van der Waals surface area (Å²) in [6, 6.07) is 7.96. The molecule has 1 fully saturated rings. The molecular weight excluding hydrogens is 376 g/mol. The summed E-state index contributed by atoms with van der Waals surface area (Å²) in [6.45, 7) is 6.73. The third-order valence-electron chi connectivity index (χ3n) is 4.70. The molecule has 2 N–H and O–H groups in total. The predicted octanol–water partition coefficient (Wildman–Crippen LogP) is 2.71. The summed E-state index contributed by atoms with van der Waals surface area (Å²) in [7, 11) is 3.47. The van der Waals surface area contributed by atoms with Crippen molar-refractivity contribution in [1.29, 1.82) is 0 Å². The fraction of sp³-hybridized carbons (Fsp3) is 0.619. The van der Waals surface area contributed by atoms with Crippen LogP contribution in [-0.2, 0) is 16.0 Å². The highest BCUT2D eigenvalue weighted by Crippen LogP contribution is 2.22. The minimum atomic E-state index is -0.0311. The molecule has 28 heavy (non-hydrogen) atoms. The third-order valence-corrected chi connectivity index (χ3v) is 4.93. The molecule has 0 bridgehead atoms. The summed E-state index contributed by atoms with van der Waals surface area (Å²) in [5.41, 5.74) is 1.19. The number of aliphatic imine (C=N–C) groups is 1. The molecule has 0 aliphatic carbocycles. The molecule has 0 radical (unpaired) electrons. The van der Waals surface area contributed by atoms with E-state index >= 15 is 0 Å². The normalized spacial score (nSPS) is 17.5. The molecule has 1 saturated heterocycles. The van der Waals surface area contributed by atoms with Crippen molar-refractivity contribution in [3.05, 3.63) is 34.9 Å². The Morgan fingerprint density at radius 2 is 2.14 bits per heavy atom. The van der Waals surface area contributed by atoms with Gasteiger partial charge in [-0.15, -0.1) is 0 Å². The third kappa shape index (κ3) is 8.07. The van der Waals surface area contributed by atoms with Gasteiger partial charge in [-0.25, -0.2) is 4.99 Å². The van der Waals surface area contributed by atoms with Crippen molar-refractivity contribution in [3.8, 4) is 0 Å². The molecule has 1 atom stereocenters. The monoisotopic (exact) mass is 408 g/mol. The molecule has 1 aliphatic heterocycles. The maximum atomic E-state index is 11.9. The van der Waals surface area contributed by atoms with E-state index in [2.05, 4.69) is 35.5 Å². The van der Waals surface area contributed by atoms with Crippen LogP contribution in [0, 0.1) is 5.41 Å². The first-order valence-corrected chi connectivity index (χ1v) is 10.2. The van der Waals surface area contributed by atoms with E-state index in [0.717, 1.165) is 30.9 Å². The number of amides is 1. The molecule has 1 aromatic carbocycles. The Kier molecular flexibility index (Phi) is 8.58. The maximum absolute atomic E-state index is 11.9. The van der Waals surface area contributed by atoms with Crippen LogP contribution in [0.25, 0.3) is 0 Å². The lowest BCUT2D eigenvalue weighted by molar-refractivity contribution is -0.127. The molecule has 1 unspecified atom stereocenters. The molecule has 2 rings (SSSR count). The van der Waals surface area contributed by atoms with Gasteiger partial charge in [0.25, 0.3) is 0 Å². The van der Waals surface area contributed by atoms with Gasteiger partial charge in [0.1, 0.15) is 6.54 Å². The molecule has 156 valence electrons. The summed E-state index contributed by atoms with van der Waals surface area (Å²) >= 11 is 6.11. The first-order valence-electron chi connectivity index (χ1n) is 9.83. The van der Waals surface area contributed by atoms with Crippen LogP contribution < -0.4 is 10.6 Å². The number of hydrogen-bond donors (Lipinski definition) is 2. The first-order chi connectivity index (χ1) is 13.2. The average molecular weight is 409 g/mol. The number of benzene rings is 1. The number of carbonyl (C=O) groups excluding carboxylic acids is 1. The van der Waals surface area contributed by atoms with Crippen molar-refractivity contribution < 1.29 is 9.53 Å². The summed E-state index contributed by atoms with van der Waals surface area (Å²) in [5, 5.41) is 7.47. The van der Waals surface area contributed by atoms with E-state index in [-0.39, 0.29) is 24.0 Å². The second kappa shape index (κ2) is 10.7. The standard InChI is InChI=1S/C21H33ClN4O2/c1-21(2,12-16-7-5-8-17(22)11-16)15-25-20(24-14-19(27)26(3)4)23-13-18-9-6-10-28-18/h5,7-8,11,18H,6,9-10,12-15H2,1-4H3,(H2,23,24,25). The van der Waals surface area contributed by atoms with Crippen molar-refractivity contribution in [3.63, 3.8) is 0 Å². The minimum absolute atomic E-state index is 0.0114. The largest absolute Gasteiger partial charge is 0.376 e. The zero-order chi connectivity index (χ0) is 20.6. The highest BCUT2D eigenvalue weighted by atomic mass is 35.5. The summed E-state index contributed by atoms with van der Waals surface area (Å²) in [4.78, 5) is 17.9. The summed E-state index contributed by atoms with van der Waals surface area (Å²) in [6.07, 6.45) is 3.24. The number of hydrogen-bond acceptors (Lipinski definition) is 3. The van der Waals surface area contributed by atoms with Crippen LogP contribution in [-0.4, -0.2) is 63.2 Å². The van der Waals surface area contributed by atoms with Gasteiger partial charge in [0.15, 0.2) is 5.96 Å². The number of guanidine groups is 1. The van der Waals surface area contributed by atoms with Gasteiger partial charge < -0.3 is 20.3 Å². The van der Waals surface area contributed by atoms with Crippen LogP contribution in [0.3, 0.4) is 0 Å². The number of ether oxygens (including phenoxy) is 1. The Morgan fingerprint density at radius 3 is 2.79 bits per heavy atom. The Balaban J connectivity index is 1.94. The lowest BCUT2D eigenvalue weighted by Crippen LogP contribution is -2.45. The van der Waals surface area contributed by atoms with E-state index in [1.54, 1.807) is 19.0 Å². The fourth-order valence-corrected chi connectivity index (χ4v) is 3.28. The minimum Gasteiger partial charge on any atom is -0.376 e. The van der Waals surface area contributed by atoms with Crippen LogP contribution >= 0.6 is 11.6 Å². The number of nitrogens with zero attached hydrogens (tertiary/aromatic N) is 2. The topological polar surface area (TPSA) is 66.0 Å². The molecule has 7 heteroatoms. The second-order valence-corrected chi connectivity index (χ2v) is 8.73. The smallest absolute Gasteiger partial charge is 0.243 e. The Hall–Kier alpha value is -1.79. The second-order valence-electron chi connectivity index (χ2n) is 8.29. The van der Waals surface area contributed by atoms with Gasteiger partial charge >= 0.3 is 0 Å². The number of halogens is 1. The highest BCUT2D eigenvalue weighted by Gasteiger charge is 2.20. The van der Waals surface area contributed by atoms with E-state index in [9.17, 15) is 4.79 Å². The van der Waals surface area contributed by atoms with Crippen molar-refractivity contribution in [2.75, 3.05) is 40.3 Å². The van der Waals surface area contributed by atoms with Crippen molar-refractivity contribution in [1.82, 2.24) is 15.5 Å². The van der Waals surface area contributed by atoms with Crippen LogP contribution in [0.15, 0.2) is 29.3 Å². The predicted molar refractivity (Wildman–Crippen MR) is 115 cm³/mol. The molecule has 1 aliphatic rings. The van der Waals surface area contributed by atoms with Crippen LogP contribution in [0.2, 0.25) is 5.02 Å². The first kappa shape index (κ1) is 22.5. The van der Waals surface area contributed by atoms with E-state index in [1.807, 2.05) is 18.2 Å². The zero-order valence-electron chi connectivity index (χ0n) is 17.4. The highest BCUT2D eigenvalue weighted by molar-refractivity contribution is 6.30. The Bertz CT molecular complexity index is 670. The van der Waals surface area contributed by atoms with Crippen LogP contribution in [0.4, 0.5) is 0 Å². The Labute approximate surface area is 173 Å². The van der Waals surface area contributed by atoms with E-state index in [4.69, 9.17) is 16.3 Å². The molecule has 0 saturated carbocycles. The SMILES string of the molecule is CN(C)C(=O)CN=C(NCC1CCCO1)NCC(C)(C)Cc1cccc(Cl)c1. The summed E-state index contributed by atoms with van der Waals surface area (Å²) in [5.74, 6) is 0.612. The molecule has 1 amide bonds. The number of rotatable bonds is 8. The number of carbonyl (C=O) groups is 1. The van der Waals surface area contributed by atoms with Crippen molar-refractivity contribution in [2.24, 2.45) is 10.4 Å². The summed E-state index contributed by atoms with van der Waals surface area (Å²) < 4.78 is 5.67. The molecule has 6 nitrogen and oxygen atoms in total. The number of likely N-dealkylation sites (N-methyl/N-ethyl adjacent to an activating group) is 1. The van der Waals surface area contributed by atoms with E-state index in [0.29, 0.717) is 19.0 Å². The van der Waals surface area contributed by atoms with E-state index < -0.39 is 0 Å². The molecular formula is C21H33ClN4O2. The zero-order valence-corrected chi connectivity index (χ0v) is 18.2. The van der Waals surface area contributed by atoms with Gasteiger partial charge in [0.2, 0.25) is 5.91 Å². The lowest BCUT2D eigenvalue weighted by atomic mass is 9.86. The van der Waals surface area contributed by atoms with Gasteiger partial charge in [-0.1, -0.05) is 37.6 Å². The van der Waals surface area contributed by atoms with Gasteiger partial charge in [-0.3, -0.25) is 4.79 Å². The fourth-order valence-electron chi connectivity index (χ4n) is 3.06. The Morgan fingerprint density at radius 1 is 1.36 bits per heavy atom. The average Bonchev–Trinajstić information content (AvgIpc) is 3.13. The molecule has 0 spiro atoms. The van der Waals surface area contributed by atoms with E-state index in [1.165, 1.54) is 5.56 Å². The quantitative estimate of drug-likeness (QED) is 0.512. The van der Waals surface area contributed by atoms with Crippen LogP contribution in [0.1, 0.15) is 32.3 Å². The van der Waals surface area contributed by atoms with Gasteiger partial charge in [-0.2, -0.15) is 0 Å². The maximum Gasteiger partial charge on any atom is 0.243 e. The van der Waals surface area contributed by atoms with Gasteiger partial charge in [-0.05, 0) is 42.4 Å². The lowest BCUT2D eigenvalue weighted by Gasteiger charge is -2.27. The molecule has 1 heterocycles. The van der Waals surface area contributed by atoms with Gasteiger partial charge in [0, 0.05) is 38.8 Å². The van der Waals surface area contributed by atoms with Crippen molar-refractivity contribution >= 4 is 23.5 Å². The number of nitrogens with one attached hydrogen (secondary N) is 2. The molecule has 0 aromatic heterocycles. The van der Waals surface area contributed by atoms with Crippen LogP contribution in [0.5, 0.6) is 0 Å². The molecule has 1 aromatic rings. The van der Waals surface area contributed by atoms with Crippen molar-refractivity contribution in [2.45, 2.75) is 39.2 Å². The van der Waals surface area contributed by atoms with Gasteiger partial charge in [0.05, 0.1) is 6.10 Å².